The van der Waals surface area contributed by atoms with Crippen molar-refractivity contribution in [1.82, 2.24) is 24.5 Å². The van der Waals surface area contributed by atoms with Crippen molar-refractivity contribution in [3.8, 4) is 0 Å². The fraction of sp³-hybridized carbons (Fsp3) is 0.738. The molecule has 0 bridgehead atoms. The summed E-state index contributed by atoms with van der Waals surface area (Å²) < 4.78 is 42.1. The largest absolute Gasteiger partial charge is 0.450 e. The van der Waals surface area contributed by atoms with Crippen molar-refractivity contribution < 1.29 is 68.9 Å². The number of aliphatic hydroxyl groups is 7. The fourth-order valence-electron chi connectivity index (χ4n) is 12.4. The molecule has 0 aliphatic carbocycles. The molecule has 0 spiro atoms. The van der Waals surface area contributed by atoms with Gasteiger partial charge >= 0.3 is 4.96 Å². The predicted octanol–water partition coefficient (Wildman–Crippen LogP) is 3.46. The molecule has 0 amide bonds. The summed E-state index contributed by atoms with van der Waals surface area (Å²) in [4.78, 5) is 31.7. The van der Waals surface area contributed by atoms with Crippen LogP contribution in [0, 0.1) is 11.8 Å². The van der Waals surface area contributed by atoms with Crippen LogP contribution in [0.4, 0.5) is 0 Å². The number of thioether (sulfide) groups is 5. The third kappa shape index (κ3) is 22.5. The maximum Gasteiger partial charge on any atom is 0.450 e. The predicted molar refractivity (Wildman–Crippen MR) is 412 cm³/mol. The van der Waals surface area contributed by atoms with E-state index in [1.54, 1.807) is 37.4 Å². The number of fused-ring (bicyclic) bond motifs is 5. The van der Waals surface area contributed by atoms with Gasteiger partial charge in [-0.1, -0.05) is 140 Å². The molecule has 0 radical (unpaired) electrons. The lowest BCUT2D eigenvalue weighted by atomic mass is 9.87. The van der Waals surface area contributed by atoms with Crippen molar-refractivity contribution >= 4 is 124 Å². The number of nitrogens with two attached hydrogens (primary N) is 3. The minimum Gasteiger partial charge on any atom is -0.394 e. The van der Waals surface area contributed by atoms with E-state index in [9.17, 15) is 30.6 Å². The standard InChI is InChI=1S/C18H27N3O2S.C18H26N2O2S.2C10H19N3O3S.C9H16N2O4S.BCl3/c1-11-15(12(2)19)23-17-14(20-18(24-17)21(3)4)16(11)22-10-13-8-6-5-7-9-13;1-5-14-12(2)16(21-11-13-9-7-6-8-10-13)15-17(22-14)23-18(19-15)20(3)4;2*1-4(11)8-7(15)6(14)5-9(16-8)17-10(12-5)13(2)3;1-11(2)9-10-5-7(14)6(13)4(3-12)15-8(5)16-9;2-1(3)4/h5-9,11-12,14-17H,10,19H2,1-4H3;6-10,12,14-17H,5,11H2,1-4H3;2*4-9,14-15H,11H2,1-3H3;4-8,12-14H,3H2,1-2H3;/t11-,12?,14-,15+,16+,17-;12-,14-,15-,16+,17-;4-,5+,6+,7-,8+,9+;4-,5-,6-,7+,8-,9-;4-,5-,6-,7-,8-;/m11011./s1. The number of aliphatic imine (C=N–C) groups is 5. The third-order valence-corrected chi connectivity index (χ3v) is 24.4. The fourth-order valence-corrected chi connectivity index (χ4v) is 18.2. The molecule has 2 aromatic rings. The van der Waals surface area contributed by atoms with Crippen molar-refractivity contribution in [2.45, 2.75) is 216 Å². The van der Waals surface area contributed by atoms with Crippen LogP contribution in [0.25, 0.3) is 0 Å². The van der Waals surface area contributed by atoms with Gasteiger partial charge in [-0.2, -0.15) is 34.4 Å². The van der Waals surface area contributed by atoms with Crippen molar-refractivity contribution in [3.63, 3.8) is 0 Å². The van der Waals surface area contributed by atoms with Gasteiger partial charge in [0.2, 0.25) is 0 Å². The van der Waals surface area contributed by atoms with E-state index in [0.717, 1.165) is 32.3 Å². The van der Waals surface area contributed by atoms with E-state index < -0.39 is 78.0 Å². The van der Waals surface area contributed by atoms with Crippen LogP contribution in [0.3, 0.4) is 0 Å². The molecule has 0 aromatic heterocycles. The van der Waals surface area contributed by atoms with Crippen molar-refractivity contribution in [2.24, 2.45) is 54.0 Å². The Kier molecular flexibility index (Phi) is 33.9. The van der Waals surface area contributed by atoms with Crippen LogP contribution in [0.1, 0.15) is 59.1 Å². The van der Waals surface area contributed by atoms with E-state index in [-0.39, 0.29) is 94.3 Å². The van der Waals surface area contributed by atoms with Crippen molar-refractivity contribution in [1.29, 1.82) is 0 Å². The average molecular weight is 1570 g/mol. The van der Waals surface area contributed by atoms with Gasteiger partial charge in [-0.3, -0.25) is 25.0 Å². The molecule has 570 valence electrons. The van der Waals surface area contributed by atoms with E-state index in [4.69, 9.17) is 99.8 Å². The highest BCUT2D eigenvalue weighted by Gasteiger charge is 2.54. The van der Waals surface area contributed by atoms with Gasteiger partial charge < -0.3 is 111 Å². The van der Waals surface area contributed by atoms with Crippen LogP contribution in [0.5, 0.6) is 0 Å². The Balaban J connectivity index is 0.000000176. The maximum absolute atomic E-state index is 10.0. The second kappa shape index (κ2) is 39.8. The van der Waals surface area contributed by atoms with Gasteiger partial charge in [0, 0.05) is 100 Å². The van der Waals surface area contributed by atoms with E-state index >= 15 is 0 Å². The summed E-state index contributed by atoms with van der Waals surface area (Å²) in [5, 5.41) is 72.9. The van der Waals surface area contributed by atoms with E-state index in [0.29, 0.717) is 19.1 Å². The first-order valence-electron chi connectivity index (χ1n) is 33.7. The van der Waals surface area contributed by atoms with Gasteiger partial charge in [0.1, 0.15) is 112 Å². The van der Waals surface area contributed by atoms with E-state index in [2.05, 4.69) is 77.0 Å². The zero-order valence-electron chi connectivity index (χ0n) is 60.2. The summed E-state index contributed by atoms with van der Waals surface area (Å²) >= 11 is 22.1. The molecule has 36 heteroatoms. The number of hydrogen-bond donors (Lipinski definition) is 10. The molecular formula is C65H107BCl3N13O14S5. The Bertz CT molecular complexity index is 2970. The first-order chi connectivity index (χ1) is 47.7. The lowest BCUT2D eigenvalue weighted by Gasteiger charge is -2.43. The highest BCUT2D eigenvalue weighted by molar-refractivity contribution is 8.15. The molecule has 13 N–H and O–H groups in total. The number of halogens is 3. The van der Waals surface area contributed by atoms with Crippen LogP contribution >= 0.6 is 93.2 Å². The van der Waals surface area contributed by atoms with Gasteiger partial charge in [-0.25, -0.2) is 0 Å². The number of ether oxygens (including phenoxy) is 7. The van der Waals surface area contributed by atoms with Crippen LogP contribution in [0.2, 0.25) is 0 Å². The smallest absolute Gasteiger partial charge is 0.394 e. The Labute approximate surface area is 632 Å². The number of aliphatic hydroxyl groups excluding tert-OH is 7. The van der Waals surface area contributed by atoms with E-state index in [1.807, 2.05) is 121 Å². The van der Waals surface area contributed by atoms with Crippen LogP contribution in [-0.4, -0.2) is 323 Å². The van der Waals surface area contributed by atoms with Crippen LogP contribution in [0.15, 0.2) is 85.6 Å². The Morgan fingerprint density at radius 2 is 0.713 bits per heavy atom. The summed E-state index contributed by atoms with van der Waals surface area (Å²) in [5.41, 5.74) is 19.2. The van der Waals surface area contributed by atoms with Crippen molar-refractivity contribution in [3.05, 3.63) is 71.8 Å². The molecule has 10 heterocycles. The molecule has 5 fully saturated rings. The maximum atomic E-state index is 10.0. The Morgan fingerprint density at radius 3 is 1.03 bits per heavy atom. The monoisotopic (exact) mass is 1570 g/mol. The first-order valence-corrected chi connectivity index (χ1v) is 39.4. The molecule has 12 rings (SSSR count). The number of rotatable bonds is 11. The molecule has 101 heavy (non-hydrogen) atoms. The zero-order valence-corrected chi connectivity index (χ0v) is 66.6. The van der Waals surface area contributed by atoms with Crippen LogP contribution in [-0.2, 0) is 46.4 Å². The van der Waals surface area contributed by atoms with Crippen molar-refractivity contribution in [2.75, 3.05) is 77.1 Å². The number of hydrogen-bond acceptors (Lipinski definition) is 32. The number of nitrogens with zero attached hydrogens (tertiary/aromatic N) is 10. The van der Waals surface area contributed by atoms with Gasteiger partial charge in [-0.05, 0) is 38.3 Å². The summed E-state index contributed by atoms with van der Waals surface area (Å²) in [5.74, 6) is 0.539. The molecule has 2 aromatic carbocycles. The minimum atomic E-state index is -1.09. The third-order valence-electron chi connectivity index (χ3n) is 17.9. The lowest BCUT2D eigenvalue weighted by molar-refractivity contribution is -0.164. The summed E-state index contributed by atoms with van der Waals surface area (Å²) in [7, 11) is 19.3. The normalized spacial score (nSPS) is 37.1. The van der Waals surface area contributed by atoms with Crippen LogP contribution < -0.4 is 17.2 Å². The second-order valence-electron chi connectivity index (χ2n) is 27.2. The van der Waals surface area contributed by atoms with Gasteiger partial charge in [-0.15, -0.1) is 0 Å². The molecule has 10 aliphatic heterocycles. The average Bonchev–Trinajstić information content (AvgIpc) is 1.72. The highest BCUT2D eigenvalue weighted by atomic mass is 35.6. The molecule has 1 unspecified atom stereocenters. The molecule has 10 aliphatic rings. The molecule has 0 saturated carbocycles. The second-order valence-corrected chi connectivity index (χ2v) is 34.5. The SMILES string of the molecule is CC(N)[C@H]1O[C@@H]2SC(N(C)C)=N[C@@H]2[C@@H](OCc2ccccc2)[C@@H]1C.CC[C@H]1O[C@@H]2SC(N(C)C)=N[C@@H]2[C@@H](OCc2ccccc2)[C@@H]1C.CN(C)C1=N[C@@H]2[C@@H](O)[C@H](O)[C@@H](CO)O[C@@H]2S1.C[C@@H](N)[C@H]1O[C@@H]2SC(N(C)C)=N[C@@H]2[C@@H](O)[C@@H]1O.C[C@H](N)[C@H]1O[C@@H]2SC(N(C)C)=N[C@@H]2[C@@H](O)[C@@H]1O.ClB(Cl)Cl. The van der Waals surface area contributed by atoms with Gasteiger partial charge in [0.25, 0.3) is 0 Å². The van der Waals surface area contributed by atoms with Gasteiger partial charge in [0.15, 0.2) is 25.8 Å². The molecular weight excluding hydrogens is 1460 g/mol. The minimum absolute atomic E-state index is 0.00454. The number of amidine groups is 5. The lowest BCUT2D eigenvalue weighted by Crippen LogP contribution is -2.59. The summed E-state index contributed by atoms with van der Waals surface area (Å²) in [6.45, 7) is 13.0. The summed E-state index contributed by atoms with van der Waals surface area (Å²) in [6, 6.07) is 18.7. The Morgan fingerprint density at radius 1 is 0.436 bits per heavy atom. The molecule has 5 saturated heterocycles. The Hall–Kier alpha value is -2.21. The van der Waals surface area contributed by atoms with E-state index in [1.165, 1.54) is 46.4 Å². The molecule has 28 atom stereocenters. The first kappa shape index (κ1) is 86.0. The molecule has 27 nitrogen and oxygen atoms in total. The van der Waals surface area contributed by atoms with Gasteiger partial charge in [0.05, 0.1) is 44.2 Å². The highest BCUT2D eigenvalue weighted by Crippen LogP contribution is 2.45. The zero-order chi connectivity index (χ0) is 74.6. The topological polar surface area (TPSA) is 362 Å². The summed E-state index contributed by atoms with van der Waals surface area (Å²) in [6.07, 6.45) is -6.38. The number of benzene rings is 2. The quantitative estimate of drug-likeness (QED) is 0.144.